The molecular formula is C15H24N2O2. The predicted molar refractivity (Wildman–Crippen MR) is 77.1 cm³/mol. The number of nitrogens with one attached hydrogen (secondary N) is 2. The predicted octanol–water partition coefficient (Wildman–Crippen LogP) is 1.95. The van der Waals surface area contributed by atoms with Crippen LogP contribution in [0.25, 0.3) is 0 Å². The highest BCUT2D eigenvalue weighted by Crippen LogP contribution is 2.15. The molecule has 1 aromatic carbocycles. The molecule has 1 amide bonds. The first-order chi connectivity index (χ1) is 9.02. The van der Waals surface area contributed by atoms with Crippen LogP contribution in [0.15, 0.2) is 24.3 Å². The Morgan fingerprint density at radius 3 is 2.68 bits per heavy atom. The van der Waals surface area contributed by atoms with Crippen LogP contribution >= 0.6 is 0 Å². The van der Waals surface area contributed by atoms with Crippen molar-refractivity contribution >= 4 is 5.91 Å². The molecule has 4 nitrogen and oxygen atoms in total. The highest BCUT2D eigenvalue weighted by Gasteiger charge is 2.14. The lowest BCUT2D eigenvalue weighted by Crippen LogP contribution is -2.38. The molecule has 0 aliphatic carbocycles. The van der Waals surface area contributed by atoms with Crippen LogP contribution in [0.4, 0.5) is 0 Å². The minimum atomic E-state index is -0.483. The molecule has 0 saturated heterocycles. The molecule has 0 aliphatic rings. The van der Waals surface area contributed by atoms with Crippen molar-refractivity contribution in [3.8, 4) is 5.75 Å². The van der Waals surface area contributed by atoms with Gasteiger partial charge >= 0.3 is 0 Å². The summed E-state index contributed by atoms with van der Waals surface area (Å²) in [4.78, 5) is 11.8. The van der Waals surface area contributed by atoms with Gasteiger partial charge in [0, 0.05) is 13.1 Å². The summed E-state index contributed by atoms with van der Waals surface area (Å²) in [6.45, 7) is 7.35. The Balaban J connectivity index is 2.53. The van der Waals surface area contributed by atoms with Crippen molar-refractivity contribution in [2.75, 3.05) is 13.6 Å². The number of rotatable bonds is 7. The van der Waals surface area contributed by atoms with E-state index in [2.05, 4.69) is 24.5 Å². The monoisotopic (exact) mass is 264 g/mol. The summed E-state index contributed by atoms with van der Waals surface area (Å²) in [6.07, 6.45) is -0.483. The minimum Gasteiger partial charge on any atom is -0.481 e. The first-order valence-electron chi connectivity index (χ1n) is 6.70. The van der Waals surface area contributed by atoms with Gasteiger partial charge in [0.2, 0.25) is 0 Å². The van der Waals surface area contributed by atoms with Crippen LogP contribution in [-0.2, 0) is 11.3 Å². The Kier molecular flexibility index (Phi) is 6.36. The zero-order chi connectivity index (χ0) is 14.3. The molecule has 0 heterocycles. The Morgan fingerprint density at radius 2 is 2.05 bits per heavy atom. The van der Waals surface area contributed by atoms with E-state index in [1.54, 1.807) is 6.92 Å². The molecule has 0 radical (unpaired) electrons. The first kappa shape index (κ1) is 15.5. The molecule has 0 aromatic heterocycles. The summed E-state index contributed by atoms with van der Waals surface area (Å²) in [5, 5.41) is 5.95. The lowest BCUT2D eigenvalue weighted by molar-refractivity contribution is -0.127. The van der Waals surface area contributed by atoms with Gasteiger partial charge in [-0.05, 0) is 37.6 Å². The third-order valence-corrected chi connectivity index (χ3v) is 2.65. The van der Waals surface area contributed by atoms with Gasteiger partial charge in [-0.25, -0.2) is 0 Å². The molecule has 0 aliphatic heterocycles. The molecule has 0 bridgehead atoms. The van der Waals surface area contributed by atoms with Crippen LogP contribution in [0.3, 0.4) is 0 Å². The maximum absolute atomic E-state index is 11.8. The van der Waals surface area contributed by atoms with Crippen LogP contribution in [0.1, 0.15) is 26.3 Å². The van der Waals surface area contributed by atoms with E-state index in [0.29, 0.717) is 12.5 Å². The molecule has 19 heavy (non-hydrogen) atoms. The van der Waals surface area contributed by atoms with Crippen LogP contribution in [0.5, 0.6) is 5.75 Å². The van der Waals surface area contributed by atoms with Gasteiger partial charge in [-0.3, -0.25) is 4.79 Å². The van der Waals surface area contributed by atoms with Crippen LogP contribution in [-0.4, -0.2) is 25.6 Å². The molecule has 1 rings (SSSR count). The molecular weight excluding hydrogens is 240 g/mol. The quantitative estimate of drug-likeness (QED) is 0.791. The highest BCUT2D eigenvalue weighted by atomic mass is 16.5. The molecule has 1 atom stereocenters. The van der Waals surface area contributed by atoms with Crippen LogP contribution in [0, 0.1) is 5.92 Å². The Labute approximate surface area is 115 Å². The number of amides is 1. The van der Waals surface area contributed by atoms with Crippen LogP contribution < -0.4 is 15.4 Å². The van der Waals surface area contributed by atoms with E-state index in [0.717, 1.165) is 17.9 Å². The molecule has 1 aromatic rings. The fourth-order valence-electron chi connectivity index (χ4n) is 1.64. The third-order valence-electron chi connectivity index (χ3n) is 2.65. The molecule has 0 spiro atoms. The fourth-order valence-corrected chi connectivity index (χ4v) is 1.64. The van der Waals surface area contributed by atoms with Crippen molar-refractivity contribution in [1.29, 1.82) is 0 Å². The maximum Gasteiger partial charge on any atom is 0.260 e. The fraction of sp³-hybridized carbons (Fsp3) is 0.533. The topological polar surface area (TPSA) is 50.4 Å². The van der Waals surface area contributed by atoms with Gasteiger partial charge in [0.25, 0.3) is 5.91 Å². The second kappa shape index (κ2) is 7.79. The summed E-state index contributed by atoms with van der Waals surface area (Å²) in [5.74, 6) is 1.09. The summed E-state index contributed by atoms with van der Waals surface area (Å²) in [7, 11) is 1.90. The lowest BCUT2D eigenvalue weighted by Gasteiger charge is -2.16. The summed E-state index contributed by atoms with van der Waals surface area (Å²) in [6, 6.07) is 7.77. The highest BCUT2D eigenvalue weighted by molar-refractivity contribution is 5.80. The molecule has 1 unspecified atom stereocenters. The van der Waals surface area contributed by atoms with E-state index in [4.69, 9.17) is 4.74 Å². The van der Waals surface area contributed by atoms with Gasteiger partial charge in [-0.2, -0.15) is 0 Å². The average molecular weight is 264 g/mol. The number of carbonyl (C=O) groups is 1. The molecule has 2 N–H and O–H groups in total. The van der Waals surface area contributed by atoms with Crippen molar-refractivity contribution in [3.63, 3.8) is 0 Å². The van der Waals surface area contributed by atoms with Gasteiger partial charge in [-0.15, -0.1) is 0 Å². The average Bonchev–Trinajstić information content (AvgIpc) is 2.36. The van der Waals surface area contributed by atoms with Gasteiger partial charge in [0.05, 0.1) is 0 Å². The van der Waals surface area contributed by atoms with Gasteiger partial charge in [0.1, 0.15) is 5.75 Å². The van der Waals surface area contributed by atoms with Gasteiger partial charge < -0.3 is 15.4 Å². The smallest absolute Gasteiger partial charge is 0.260 e. The van der Waals surface area contributed by atoms with E-state index >= 15 is 0 Å². The normalized spacial score (nSPS) is 12.3. The van der Waals surface area contributed by atoms with Gasteiger partial charge in [0.15, 0.2) is 6.10 Å². The second-order valence-electron chi connectivity index (χ2n) is 5.08. The van der Waals surface area contributed by atoms with Crippen molar-refractivity contribution in [1.82, 2.24) is 10.6 Å². The number of carbonyl (C=O) groups excluding carboxylic acids is 1. The van der Waals surface area contributed by atoms with Crippen molar-refractivity contribution in [3.05, 3.63) is 29.8 Å². The van der Waals surface area contributed by atoms with Crippen LogP contribution in [0.2, 0.25) is 0 Å². The summed E-state index contributed by atoms with van der Waals surface area (Å²) >= 11 is 0. The molecule has 0 saturated carbocycles. The minimum absolute atomic E-state index is 0.0762. The molecule has 4 heteroatoms. The standard InChI is InChI=1S/C15H24N2O2/c1-11(2)9-17-15(18)12(3)19-14-7-5-6-13(8-14)10-16-4/h5-8,11-12,16H,9-10H2,1-4H3,(H,17,18). The van der Waals surface area contributed by atoms with Gasteiger partial charge in [-0.1, -0.05) is 26.0 Å². The Morgan fingerprint density at radius 1 is 1.32 bits per heavy atom. The second-order valence-corrected chi connectivity index (χ2v) is 5.08. The number of ether oxygens (including phenoxy) is 1. The van der Waals surface area contributed by atoms with Crippen molar-refractivity contribution in [2.24, 2.45) is 5.92 Å². The third kappa shape index (κ3) is 5.75. The maximum atomic E-state index is 11.8. The molecule has 106 valence electrons. The van der Waals surface area contributed by atoms with E-state index in [1.165, 1.54) is 0 Å². The summed E-state index contributed by atoms with van der Waals surface area (Å²) in [5.41, 5.74) is 1.13. The number of hydrogen-bond donors (Lipinski definition) is 2. The van der Waals surface area contributed by atoms with E-state index < -0.39 is 6.10 Å². The zero-order valence-electron chi connectivity index (χ0n) is 12.2. The molecule has 0 fully saturated rings. The van der Waals surface area contributed by atoms with E-state index in [-0.39, 0.29) is 5.91 Å². The van der Waals surface area contributed by atoms with Crippen molar-refractivity contribution in [2.45, 2.75) is 33.4 Å². The van der Waals surface area contributed by atoms with E-state index in [9.17, 15) is 4.79 Å². The first-order valence-corrected chi connectivity index (χ1v) is 6.70. The zero-order valence-corrected chi connectivity index (χ0v) is 12.2. The Hall–Kier alpha value is -1.55. The SMILES string of the molecule is CNCc1cccc(OC(C)C(=O)NCC(C)C)c1. The largest absolute Gasteiger partial charge is 0.481 e. The van der Waals surface area contributed by atoms with Crippen molar-refractivity contribution < 1.29 is 9.53 Å². The van der Waals surface area contributed by atoms with E-state index in [1.807, 2.05) is 31.3 Å². The summed E-state index contributed by atoms with van der Waals surface area (Å²) < 4.78 is 5.66. The lowest BCUT2D eigenvalue weighted by atomic mass is 10.2. The Bertz CT molecular complexity index is 405. The number of hydrogen-bond acceptors (Lipinski definition) is 3. The number of benzene rings is 1.